The van der Waals surface area contributed by atoms with Crippen LogP contribution in [0.25, 0.3) is 6.08 Å². The predicted molar refractivity (Wildman–Crippen MR) is 77.4 cm³/mol. The molecule has 0 saturated carbocycles. The molecule has 94 valence electrons. The fourth-order valence-electron chi connectivity index (χ4n) is 1.38. The van der Waals surface area contributed by atoms with E-state index < -0.39 is 0 Å². The molecule has 0 N–H and O–H groups in total. The summed E-state index contributed by atoms with van der Waals surface area (Å²) in [6.07, 6.45) is 7.28. The first-order valence-corrected chi connectivity index (χ1v) is 6.54. The number of benzene rings is 1. The number of rotatable bonds is 5. The lowest BCUT2D eigenvalue weighted by Crippen LogP contribution is -1.87. The van der Waals surface area contributed by atoms with Gasteiger partial charge < -0.3 is 0 Å². The van der Waals surface area contributed by atoms with Crippen LogP contribution in [-0.4, -0.2) is 5.78 Å². The fraction of sp³-hybridized carbons (Fsp3) is 0.312. The molecule has 0 atom stereocenters. The summed E-state index contributed by atoms with van der Waals surface area (Å²) in [4.78, 5) is 10.9. The van der Waals surface area contributed by atoms with Crippen LogP contribution in [0.1, 0.15) is 38.2 Å². The third-order valence-corrected chi connectivity index (χ3v) is 2.77. The van der Waals surface area contributed by atoms with E-state index in [4.69, 9.17) is 11.6 Å². The molecule has 1 rings (SSSR count). The molecule has 0 amide bonds. The molecule has 0 heterocycles. The first kappa shape index (κ1) is 14.5. The summed E-state index contributed by atoms with van der Waals surface area (Å²) in [7, 11) is 0. The van der Waals surface area contributed by atoms with Crippen molar-refractivity contribution in [2.75, 3.05) is 0 Å². The molecule has 2 heteroatoms. The molecule has 1 nitrogen and oxygen atoms in total. The molecule has 0 aliphatic heterocycles. The highest BCUT2D eigenvalue weighted by Crippen LogP contribution is 2.16. The summed E-state index contributed by atoms with van der Waals surface area (Å²) in [6.45, 7) is 1.82. The van der Waals surface area contributed by atoms with Gasteiger partial charge in [-0.15, -0.1) is 0 Å². The molecule has 0 saturated heterocycles. The molecule has 0 fully saturated rings. The van der Waals surface area contributed by atoms with Gasteiger partial charge >= 0.3 is 0 Å². The maximum Gasteiger partial charge on any atom is 0.205 e. The molecule has 18 heavy (non-hydrogen) atoms. The van der Waals surface area contributed by atoms with Gasteiger partial charge in [0.05, 0.1) is 0 Å². The zero-order chi connectivity index (χ0) is 13.2. The van der Waals surface area contributed by atoms with Crippen LogP contribution in [0, 0.1) is 11.8 Å². The van der Waals surface area contributed by atoms with E-state index in [2.05, 4.69) is 17.9 Å². The SMILES string of the molecule is CCC(=O)C#CCCC/C=C/c1ccccc1Cl. The highest BCUT2D eigenvalue weighted by Gasteiger charge is 1.92. The van der Waals surface area contributed by atoms with Gasteiger partial charge in [-0.2, -0.15) is 0 Å². The average Bonchev–Trinajstić information content (AvgIpc) is 2.39. The van der Waals surface area contributed by atoms with Gasteiger partial charge in [-0.3, -0.25) is 4.79 Å². The van der Waals surface area contributed by atoms with Crippen molar-refractivity contribution < 1.29 is 4.79 Å². The molecule has 0 radical (unpaired) electrons. The van der Waals surface area contributed by atoms with E-state index in [1.807, 2.05) is 37.3 Å². The van der Waals surface area contributed by atoms with Gasteiger partial charge in [0.2, 0.25) is 5.78 Å². The molecule has 0 aromatic heterocycles. The van der Waals surface area contributed by atoms with E-state index in [-0.39, 0.29) is 5.78 Å². The van der Waals surface area contributed by atoms with Crippen LogP contribution in [0.15, 0.2) is 30.3 Å². The third-order valence-electron chi connectivity index (χ3n) is 2.42. The van der Waals surface area contributed by atoms with Crippen LogP contribution < -0.4 is 0 Å². The van der Waals surface area contributed by atoms with Crippen LogP contribution in [-0.2, 0) is 4.79 Å². The standard InChI is InChI=1S/C16H17ClO/c1-2-15(18)12-7-5-3-4-6-10-14-11-8-9-13-16(14)17/h6,8-11,13H,2-5H2,1H3/b10-6+. The Kier molecular flexibility index (Phi) is 6.91. The summed E-state index contributed by atoms with van der Waals surface area (Å²) in [5.74, 6) is 5.52. The van der Waals surface area contributed by atoms with E-state index in [1.54, 1.807) is 0 Å². The number of halogens is 1. The Hall–Kier alpha value is -1.52. The molecule has 0 aliphatic carbocycles. The van der Waals surface area contributed by atoms with Crippen LogP contribution in [0.5, 0.6) is 0 Å². The zero-order valence-electron chi connectivity index (χ0n) is 10.6. The van der Waals surface area contributed by atoms with Gasteiger partial charge in [-0.05, 0) is 30.4 Å². The fourth-order valence-corrected chi connectivity index (χ4v) is 1.58. The number of unbranched alkanes of at least 4 members (excludes halogenated alkanes) is 2. The highest BCUT2D eigenvalue weighted by molar-refractivity contribution is 6.32. The Morgan fingerprint density at radius 2 is 2.17 bits per heavy atom. The van der Waals surface area contributed by atoms with E-state index in [1.165, 1.54) is 0 Å². The van der Waals surface area contributed by atoms with Crippen molar-refractivity contribution in [2.45, 2.75) is 32.6 Å². The lowest BCUT2D eigenvalue weighted by Gasteiger charge is -1.96. The quantitative estimate of drug-likeness (QED) is 0.433. The molecular formula is C16H17ClO. The van der Waals surface area contributed by atoms with Crippen molar-refractivity contribution in [1.29, 1.82) is 0 Å². The molecule has 1 aromatic rings. The Morgan fingerprint density at radius 3 is 2.89 bits per heavy atom. The maximum absolute atomic E-state index is 10.9. The average molecular weight is 261 g/mol. The minimum absolute atomic E-state index is 0.0154. The van der Waals surface area contributed by atoms with Gasteiger partial charge in [0.15, 0.2) is 0 Å². The molecule has 1 aromatic carbocycles. The van der Waals surface area contributed by atoms with Gasteiger partial charge in [0, 0.05) is 17.9 Å². The number of carbonyl (C=O) groups excluding carboxylic acids is 1. The lowest BCUT2D eigenvalue weighted by molar-refractivity contribution is -0.113. The number of hydrogen-bond donors (Lipinski definition) is 0. The minimum Gasteiger partial charge on any atom is -0.285 e. The monoisotopic (exact) mass is 260 g/mol. The second kappa shape index (κ2) is 8.55. The predicted octanol–water partition coefficient (Wildman–Crippen LogP) is 4.51. The Morgan fingerprint density at radius 1 is 1.39 bits per heavy atom. The Labute approximate surface area is 114 Å². The van der Waals surface area contributed by atoms with Crippen LogP contribution in [0.4, 0.5) is 0 Å². The minimum atomic E-state index is 0.0154. The second-order valence-corrected chi connectivity index (χ2v) is 4.30. The van der Waals surface area contributed by atoms with Gasteiger partial charge in [-0.1, -0.05) is 54.8 Å². The van der Waals surface area contributed by atoms with Crippen molar-refractivity contribution in [1.82, 2.24) is 0 Å². The number of carbonyl (C=O) groups is 1. The Bertz CT molecular complexity index is 477. The van der Waals surface area contributed by atoms with Gasteiger partial charge in [-0.25, -0.2) is 0 Å². The van der Waals surface area contributed by atoms with Gasteiger partial charge in [0.1, 0.15) is 0 Å². The molecule has 0 spiro atoms. The largest absolute Gasteiger partial charge is 0.285 e. The third kappa shape index (κ3) is 5.70. The zero-order valence-corrected chi connectivity index (χ0v) is 11.3. The summed E-state index contributed by atoms with van der Waals surface area (Å²) in [5.41, 5.74) is 1.03. The molecule has 0 unspecified atom stereocenters. The summed E-state index contributed by atoms with van der Waals surface area (Å²) < 4.78 is 0. The van der Waals surface area contributed by atoms with Crippen molar-refractivity contribution in [3.63, 3.8) is 0 Å². The molecule has 0 bridgehead atoms. The topological polar surface area (TPSA) is 17.1 Å². The summed E-state index contributed by atoms with van der Waals surface area (Å²) in [6, 6.07) is 7.75. The smallest absolute Gasteiger partial charge is 0.205 e. The maximum atomic E-state index is 10.9. The van der Waals surface area contributed by atoms with Gasteiger partial charge in [0.25, 0.3) is 0 Å². The normalized spacial score (nSPS) is 10.1. The number of hydrogen-bond acceptors (Lipinski definition) is 1. The first-order valence-electron chi connectivity index (χ1n) is 6.16. The van der Waals surface area contributed by atoms with Crippen molar-refractivity contribution in [3.05, 3.63) is 40.9 Å². The van der Waals surface area contributed by atoms with Crippen LogP contribution in [0.2, 0.25) is 5.02 Å². The van der Waals surface area contributed by atoms with Crippen molar-refractivity contribution in [3.8, 4) is 11.8 Å². The van der Waals surface area contributed by atoms with E-state index >= 15 is 0 Å². The second-order valence-electron chi connectivity index (χ2n) is 3.89. The molecule has 0 aliphatic rings. The highest BCUT2D eigenvalue weighted by atomic mass is 35.5. The summed E-state index contributed by atoms with van der Waals surface area (Å²) >= 11 is 6.03. The number of ketones is 1. The van der Waals surface area contributed by atoms with Crippen LogP contribution in [0.3, 0.4) is 0 Å². The van der Waals surface area contributed by atoms with Crippen molar-refractivity contribution >= 4 is 23.5 Å². The van der Waals surface area contributed by atoms with E-state index in [0.29, 0.717) is 6.42 Å². The van der Waals surface area contributed by atoms with E-state index in [9.17, 15) is 4.79 Å². The van der Waals surface area contributed by atoms with Crippen molar-refractivity contribution in [2.24, 2.45) is 0 Å². The lowest BCUT2D eigenvalue weighted by atomic mass is 10.1. The van der Waals surface area contributed by atoms with Crippen LogP contribution >= 0.6 is 11.6 Å². The Balaban J connectivity index is 2.28. The van der Waals surface area contributed by atoms with E-state index in [0.717, 1.165) is 29.8 Å². The number of Topliss-reactive ketones (excluding diaryl/α,β-unsaturated/α-hetero) is 1. The summed E-state index contributed by atoms with van der Waals surface area (Å²) in [5, 5.41) is 0.766. The first-order chi connectivity index (χ1) is 8.74. The molecular weight excluding hydrogens is 244 g/mol. The number of allylic oxidation sites excluding steroid dienone is 1.